The zero-order valence-corrected chi connectivity index (χ0v) is 9.66. The molecule has 0 aliphatic carbocycles. The van der Waals surface area contributed by atoms with E-state index in [0.29, 0.717) is 0 Å². The minimum Gasteiger partial charge on any atom is -0.462 e. The molecule has 0 aliphatic rings. The molecule has 1 aromatic carbocycles. The van der Waals surface area contributed by atoms with E-state index in [4.69, 9.17) is 0 Å². The Morgan fingerprint density at radius 2 is 1.88 bits per heavy atom. The molecule has 0 fully saturated rings. The van der Waals surface area contributed by atoms with Crippen LogP contribution in [0.15, 0.2) is 46.7 Å². The number of esters is 1. The highest BCUT2D eigenvalue weighted by atomic mass is 32.2. The average molecular weight is 241 g/mol. The lowest BCUT2D eigenvalue weighted by atomic mass is 10.4. The van der Waals surface area contributed by atoms with E-state index in [0.717, 1.165) is 0 Å². The van der Waals surface area contributed by atoms with Crippen LogP contribution in [0, 0.1) is 0 Å². The average Bonchev–Trinajstić information content (AvgIpc) is 2.29. The van der Waals surface area contributed by atoms with Gasteiger partial charge in [-0.05, 0) is 19.1 Å². The van der Waals surface area contributed by atoms with Gasteiger partial charge in [-0.15, -0.1) is 0 Å². The Balaban J connectivity index is 3.05. The summed E-state index contributed by atoms with van der Waals surface area (Å²) < 4.78 is 28.3. The van der Waals surface area contributed by atoms with Crippen molar-refractivity contribution < 1.29 is 17.9 Å². The third kappa shape index (κ3) is 2.49. The van der Waals surface area contributed by atoms with Gasteiger partial charge in [0.2, 0.25) is 9.84 Å². The van der Waals surface area contributed by atoms with Gasteiger partial charge in [-0.25, -0.2) is 13.2 Å². The number of hydrogen-bond acceptors (Lipinski definition) is 4. The first-order valence-electron chi connectivity index (χ1n) is 4.66. The molecular weight excluding hydrogens is 229 g/mol. The molecule has 4 nitrogen and oxygen atoms in total. The summed E-state index contributed by atoms with van der Waals surface area (Å²) in [6.45, 7) is 4.97. The molecule has 0 amide bonds. The molecule has 0 saturated carbocycles. The van der Waals surface area contributed by atoms with Gasteiger partial charge in [0.05, 0.1) is 11.5 Å². The van der Waals surface area contributed by atoms with Crippen LogP contribution in [0.5, 0.6) is 0 Å². The lowest BCUT2D eigenvalue weighted by molar-refractivity contribution is -0.137. The fraction of sp³-hybridized carbons (Fsp3) is 0.182. The Kier molecular flexibility index (Phi) is 3.84. The maximum Gasteiger partial charge on any atom is 0.349 e. The van der Waals surface area contributed by atoms with Crippen LogP contribution >= 0.6 is 0 Å². The van der Waals surface area contributed by atoms with E-state index in [2.05, 4.69) is 11.3 Å². The van der Waals surface area contributed by atoms with E-state index in [1.54, 1.807) is 25.1 Å². The number of hydrogen-bond donors (Lipinski definition) is 0. The van der Waals surface area contributed by atoms with Gasteiger partial charge >= 0.3 is 5.97 Å². The van der Waals surface area contributed by atoms with Gasteiger partial charge in [0.15, 0.2) is 0 Å². The number of carbonyl (C=O) groups excluding carboxylic acids is 1. The minimum absolute atomic E-state index is 0.0352. The lowest BCUT2D eigenvalue weighted by Crippen LogP contribution is -2.15. The van der Waals surface area contributed by atoms with Crippen LogP contribution in [0.4, 0.5) is 0 Å². The Labute approximate surface area is 94.5 Å². The van der Waals surface area contributed by atoms with Gasteiger partial charge in [-0.2, -0.15) is 0 Å². The predicted molar refractivity (Wildman–Crippen MR) is 59.4 cm³/mol. The molecule has 86 valence electrons. The summed E-state index contributed by atoms with van der Waals surface area (Å²) in [4.78, 5) is 10.8. The van der Waals surface area contributed by atoms with Crippen molar-refractivity contribution in [3.05, 3.63) is 41.8 Å². The van der Waals surface area contributed by atoms with Crippen molar-refractivity contribution in [1.29, 1.82) is 0 Å². The van der Waals surface area contributed by atoms with Crippen molar-refractivity contribution in [2.45, 2.75) is 11.8 Å². The fourth-order valence-corrected chi connectivity index (χ4v) is 2.14. The summed E-state index contributed by atoms with van der Waals surface area (Å²) >= 11 is 0. The zero-order chi connectivity index (χ0) is 12.2. The fourth-order valence-electron chi connectivity index (χ4n) is 1.06. The second kappa shape index (κ2) is 4.94. The molecule has 0 atom stereocenters. The highest BCUT2D eigenvalue weighted by Gasteiger charge is 2.25. The van der Waals surface area contributed by atoms with Crippen LogP contribution in [-0.2, 0) is 19.4 Å². The maximum atomic E-state index is 11.8. The highest BCUT2D eigenvalue weighted by molar-refractivity contribution is 7.96. The van der Waals surface area contributed by atoms with Crippen LogP contribution in [0.3, 0.4) is 0 Å². The number of rotatable bonds is 4. The summed E-state index contributed by atoms with van der Waals surface area (Å²) in [5.74, 6) is -0.911. The lowest BCUT2D eigenvalue weighted by Gasteiger charge is -2.06. The van der Waals surface area contributed by atoms with Gasteiger partial charge in [0.1, 0.15) is 4.91 Å². The summed E-state index contributed by atoms with van der Waals surface area (Å²) in [5.41, 5.74) is 0. The van der Waals surface area contributed by atoms with Crippen molar-refractivity contribution in [2.75, 3.05) is 6.61 Å². The van der Waals surface area contributed by atoms with E-state index in [1.807, 2.05) is 0 Å². The predicted octanol–water partition coefficient (Wildman–Crippen LogP) is 1.54. The quantitative estimate of drug-likeness (QED) is 0.455. The van der Waals surface area contributed by atoms with Crippen LogP contribution in [0.1, 0.15) is 6.92 Å². The summed E-state index contributed by atoms with van der Waals surface area (Å²) in [6, 6.07) is 7.64. The van der Waals surface area contributed by atoms with Gasteiger partial charge in [0, 0.05) is 0 Å². The molecule has 1 aromatic rings. The van der Waals surface area contributed by atoms with Crippen molar-refractivity contribution in [3.8, 4) is 0 Å². The van der Waals surface area contributed by atoms with E-state index < -0.39 is 20.7 Å². The van der Waals surface area contributed by atoms with Crippen LogP contribution in [-0.4, -0.2) is 21.0 Å². The topological polar surface area (TPSA) is 60.4 Å². The molecule has 0 radical (unpaired) electrons. The summed E-state index contributed by atoms with van der Waals surface area (Å²) in [6.07, 6.45) is 0. The van der Waals surface area contributed by atoms with Gasteiger partial charge in [0.25, 0.3) is 0 Å². The molecule has 16 heavy (non-hydrogen) atoms. The normalized spacial score (nSPS) is 10.8. The largest absolute Gasteiger partial charge is 0.462 e. The number of sulfone groups is 1. The van der Waals surface area contributed by atoms with Crippen molar-refractivity contribution >= 4 is 15.8 Å². The first-order valence-corrected chi connectivity index (χ1v) is 6.14. The van der Waals surface area contributed by atoms with E-state index in [1.165, 1.54) is 12.1 Å². The molecule has 0 heterocycles. The Hall–Kier alpha value is -1.62. The second-order valence-corrected chi connectivity index (χ2v) is 4.93. The Morgan fingerprint density at radius 3 is 2.38 bits per heavy atom. The molecule has 0 saturated heterocycles. The van der Waals surface area contributed by atoms with Gasteiger partial charge in [-0.3, -0.25) is 0 Å². The van der Waals surface area contributed by atoms with Crippen LogP contribution in [0.2, 0.25) is 0 Å². The Bertz CT molecular complexity index is 488. The molecular formula is C11H12O4S. The van der Waals surface area contributed by atoms with Gasteiger partial charge in [-0.1, -0.05) is 24.8 Å². The molecule has 1 rings (SSSR count). The maximum absolute atomic E-state index is 11.8. The highest BCUT2D eigenvalue weighted by Crippen LogP contribution is 2.18. The zero-order valence-electron chi connectivity index (χ0n) is 8.84. The molecule has 0 spiro atoms. The summed E-state index contributed by atoms with van der Waals surface area (Å²) in [5, 5.41) is 0. The third-order valence-electron chi connectivity index (χ3n) is 1.88. The van der Waals surface area contributed by atoms with Crippen molar-refractivity contribution in [1.82, 2.24) is 0 Å². The first kappa shape index (κ1) is 12.4. The number of ether oxygens (including phenoxy) is 1. The number of carbonyl (C=O) groups is 1. The molecule has 0 unspecified atom stereocenters. The van der Waals surface area contributed by atoms with Crippen molar-refractivity contribution in [3.63, 3.8) is 0 Å². The standard InChI is InChI=1S/C11H12O4S/c1-3-15-11(12)9(2)16(13,14)10-7-5-4-6-8-10/h4-8H,2-3H2,1H3/i9+1. The van der Waals surface area contributed by atoms with Crippen molar-refractivity contribution in [2.24, 2.45) is 0 Å². The van der Waals surface area contributed by atoms with E-state index in [9.17, 15) is 13.2 Å². The second-order valence-electron chi connectivity index (χ2n) is 2.96. The Morgan fingerprint density at radius 1 is 1.31 bits per heavy atom. The minimum atomic E-state index is -3.83. The first-order chi connectivity index (χ1) is 7.50. The monoisotopic (exact) mass is 241 g/mol. The molecule has 0 N–H and O–H groups in total. The summed E-state index contributed by atoms with van der Waals surface area (Å²) in [7, 11) is -3.83. The van der Waals surface area contributed by atoms with Gasteiger partial charge < -0.3 is 4.74 Å². The number of benzene rings is 1. The van der Waals surface area contributed by atoms with E-state index in [-0.39, 0.29) is 11.5 Å². The van der Waals surface area contributed by atoms with Crippen LogP contribution < -0.4 is 0 Å². The molecule has 5 heteroatoms. The SMILES string of the molecule is C=[13C](C(=O)OCC)S(=O)(=O)c1ccccc1. The third-order valence-corrected chi connectivity index (χ3v) is 3.59. The van der Waals surface area contributed by atoms with Crippen LogP contribution in [0.25, 0.3) is 0 Å². The molecule has 0 aromatic heterocycles. The molecule has 0 bridgehead atoms. The smallest absolute Gasteiger partial charge is 0.349 e. The van der Waals surface area contributed by atoms with E-state index >= 15 is 0 Å². The molecule has 0 aliphatic heterocycles.